The minimum absolute atomic E-state index is 0.0348. The number of benzene rings is 2. The van der Waals surface area contributed by atoms with Crippen molar-refractivity contribution >= 4 is 23.0 Å². The fourth-order valence-corrected chi connectivity index (χ4v) is 3.05. The Labute approximate surface area is 151 Å². The van der Waals surface area contributed by atoms with Crippen molar-refractivity contribution in [3.63, 3.8) is 0 Å². The molecule has 0 radical (unpaired) electrons. The van der Waals surface area contributed by atoms with Crippen molar-refractivity contribution in [1.82, 2.24) is 9.97 Å². The first-order valence-corrected chi connectivity index (χ1v) is 8.38. The molecule has 0 amide bonds. The van der Waals surface area contributed by atoms with E-state index in [9.17, 15) is 0 Å². The van der Waals surface area contributed by atoms with Crippen molar-refractivity contribution in [1.29, 1.82) is 0 Å². The van der Waals surface area contributed by atoms with Gasteiger partial charge in [0.05, 0.1) is 18.9 Å². The van der Waals surface area contributed by atoms with Crippen LogP contribution in [-0.4, -0.2) is 22.8 Å². The normalized spacial score (nSPS) is 16.0. The van der Waals surface area contributed by atoms with E-state index in [-0.39, 0.29) is 6.04 Å². The molecule has 26 heavy (non-hydrogen) atoms. The molecular formula is C20H19N5O. The predicted molar refractivity (Wildman–Crippen MR) is 103 cm³/mol. The third-order valence-corrected chi connectivity index (χ3v) is 4.43. The minimum atomic E-state index is 0.0348. The van der Waals surface area contributed by atoms with Crippen molar-refractivity contribution in [3.05, 3.63) is 72.1 Å². The van der Waals surface area contributed by atoms with Crippen molar-refractivity contribution in [2.45, 2.75) is 12.5 Å². The van der Waals surface area contributed by atoms with Crippen LogP contribution in [0.25, 0.3) is 0 Å². The van der Waals surface area contributed by atoms with Crippen LogP contribution in [0.2, 0.25) is 0 Å². The molecule has 130 valence electrons. The number of nitrogens with two attached hydrogens (primary N) is 1. The number of methoxy groups -OCH3 is 1. The van der Waals surface area contributed by atoms with Crippen molar-refractivity contribution < 1.29 is 4.74 Å². The van der Waals surface area contributed by atoms with Gasteiger partial charge in [-0.05, 0) is 35.4 Å². The first-order valence-electron chi connectivity index (χ1n) is 8.38. The molecule has 1 unspecified atom stereocenters. The molecule has 1 aliphatic heterocycles. The third-order valence-electron chi connectivity index (χ3n) is 4.43. The summed E-state index contributed by atoms with van der Waals surface area (Å²) in [5.74, 6) is 1.82. The Bertz CT molecular complexity index is 938. The maximum atomic E-state index is 6.06. The van der Waals surface area contributed by atoms with E-state index in [4.69, 9.17) is 15.5 Å². The molecule has 6 heteroatoms. The number of aliphatic imine (C=N–C) groups is 1. The molecule has 1 atom stereocenters. The summed E-state index contributed by atoms with van der Waals surface area (Å²) in [5, 5.41) is 3.47. The van der Waals surface area contributed by atoms with Gasteiger partial charge in [0.25, 0.3) is 0 Å². The molecule has 4 rings (SSSR count). The Kier molecular flexibility index (Phi) is 4.23. The second-order valence-corrected chi connectivity index (χ2v) is 6.05. The molecule has 0 aliphatic carbocycles. The number of rotatable bonds is 3. The van der Waals surface area contributed by atoms with E-state index < -0.39 is 0 Å². The lowest BCUT2D eigenvalue weighted by Crippen LogP contribution is -2.15. The lowest BCUT2D eigenvalue weighted by molar-refractivity contribution is 0.415. The number of aromatic nitrogens is 2. The van der Waals surface area contributed by atoms with Gasteiger partial charge in [-0.15, -0.1) is 0 Å². The van der Waals surface area contributed by atoms with Gasteiger partial charge < -0.3 is 15.8 Å². The van der Waals surface area contributed by atoms with E-state index in [1.54, 1.807) is 7.11 Å². The zero-order valence-electron chi connectivity index (χ0n) is 14.4. The number of fused-ring (bicyclic) bond motifs is 1. The lowest BCUT2D eigenvalue weighted by atomic mass is 9.97. The van der Waals surface area contributed by atoms with Crippen LogP contribution in [0.3, 0.4) is 0 Å². The number of nitrogen functional groups attached to an aromatic ring is 1. The highest BCUT2D eigenvalue weighted by molar-refractivity contribution is 6.04. The zero-order valence-corrected chi connectivity index (χ0v) is 14.4. The van der Waals surface area contributed by atoms with Gasteiger partial charge >= 0.3 is 0 Å². The van der Waals surface area contributed by atoms with Gasteiger partial charge in [-0.3, -0.25) is 0 Å². The monoisotopic (exact) mass is 345 g/mol. The van der Waals surface area contributed by atoms with Crippen molar-refractivity contribution in [2.24, 2.45) is 4.99 Å². The van der Waals surface area contributed by atoms with E-state index in [0.29, 0.717) is 23.7 Å². The highest BCUT2D eigenvalue weighted by Gasteiger charge is 2.23. The minimum Gasteiger partial charge on any atom is -0.497 e. The SMILES string of the molecule is COc1ccc(C2=Nc3c(N)ncnc3NC(c3ccccc3)C2)cc1. The second kappa shape index (κ2) is 6.84. The molecular weight excluding hydrogens is 326 g/mol. The van der Waals surface area contributed by atoms with Gasteiger partial charge in [0, 0.05) is 6.42 Å². The Morgan fingerprint density at radius 1 is 1.04 bits per heavy atom. The van der Waals surface area contributed by atoms with Gasteiger partial charge in [-0.2, -0.15) is 0 Å². The Hall–Kier alpha value is -3.41. The first-order chi connectivity index (χ1) is 12.7. The molecule has 2 heterocycles. The van der Waals surface area contributed by atoms with Gasteiger partial charge in [-0.1, -0.05) is 30.3 Å². The summed E-state index contributed by atoms with van der Waals surface area (Å²) in [6.45, 7) is 0. The third kappa shape index (κ3) is 3.09. The van der Waals surface area contributed by atoms with Gasteiger partial charge in [0.2, 0.25) is 0 Å². The summed E-state index contributed by atoms with van der Waals surface area (Å²) >= 11 is 0. The molecule has 3 aromatic rings. The van der Waals surface area contributed by atoms with E-state index >= 15 is 0 Å². The molecule has 3 N–H and O–H groups in total. The molecule has 0 saturated heterocycles. The number of nitrogens with one attached hydrogen (secondary N) is 1. The lowest BCUT2D eigenvalue weighted by Gasteiger charge is -2.18. The molecule has 2 aromatic carbocycles. The summed E-state index contributed by atoms with van der Waals surface area (Å²) < 4.78 is 5.25. The maximum Gasteiger partial charge on any atom is 0.158 e. The predicted octanol–water partition coefficient (Wildman–Crippen LogP) is 3.75. The molecule has 0 saturated carbocycles. The summed E-state index contributed by atoms with van der Waals surface area (Å²) in [5.41, 5.74) is 9.75. The number of hydrogen-bond donors (Lipinski definition) is 2. The summed E-state index contributed by atoms with van der Waals surface area (Å²) in [6, 6.07) is 18.2. The smallest absolute Gasteiger partial charge is 0.158 e. The van der Waals surface area contributed by atoms with Crippen LogP contribution in [0.1, 0.15) is 23.6 Å². The van der Waals surface area contributed by atoms with Gasteiger partial charge in [0.15, 0.2) is 11.6 Å². The van der Waals surface area contributed by atoms with E-state index in [0.717, 1.165) is 17.0 Å². The molecule has 0 spiro atoms. The Balaban J connectivity index is 1.81. The molecule has 1 aromatic heterocycles. The Morgan fingerprint density at radius 2 is 1.81 bits per heavy atom. The van der Waals surface area contributed by atoms with E-state index in [1.807, 2.05) is 42.5 Å². The highest BCUT2D eigenvalue weighted by atomic mass is 16.5. The molecule has 0 bridgehead atoms. The average Bonchev–Trinajstić information content (AvgIpc) is 2.90. The Morgan fingerprint density at radius 3 is 2.54 bits per heavy atom. The number of anilines is 2. The summed E-state index contributed by atoms with van der Waals surface area (Å²) in [7, 11) is 1.65. The van der Waals surface area contributed by atoms with Crippen LogP contribution in [0, 0.1) is 0 Å². The van der Waals surface area contributed by atoms with Crippen LogP contribution in [0.4, 0.5) is 17.3 Å². The summed E-state index contributed by atoms with van der Waals surface area (Å²) in [4.78, 5) is 13.2. The summed E-state index contributed by atoms with van der Waals surface area (Å²) in [6.07, 6.45) is 2.16. The largest absolute Gasteiger partial charge is 0.497 e. The number of hydrogen-bond acceptors (Lipinski definition) is 6. The fraction of sp³-hybridized carbons (Fsp3) is 0.150. The molecule has 0 fully saturated rings. The average molecular weight is 345 g/mol. The van der Waals surface area contributed by atoms with Crippen LogP contribution in [0.15, 0.2) is 65.9 Å². The van der Waals surface area contributed by atoms with Gasteiger partial charge in [-0.25, -0.2) is 15.0 Å². The molecule has 6 nitrogen and oxygen atoms in total. The standard InChI is InChI=1S/C20H19N5O/c1-26-15-9-7-14(8-10-15)16-11-17(13-5-3-2-4-6-13)25-20-18(24-16)19(21)22-12-23-20/h2-10,12,17H,11H2,1H3,(H3,21,22,23,25). The zero-order chi connectivity index (χ0) is 17.9. The van der Waals surface area contributed by atoms with Gasteiger partial charge in [0.1, 0.15) is 17.8 Å². The molecule has 1 aliphatic rings. The topological polar surface area (TPSA) is 85.4 Å². The van der Waals surface area contributed by atoms with Crippen LogP contribution < -0.4 is 15.8 Å². The van der Waals surface area contributed by atoms with Crippen LogP contribution in [-0.2, 0) is 0 Å². The first kappa shape index (κ1) is 16.1. The van der Waals surface area contributed by atoms with E-state index in [2.05, 4.69) is 27.4 Å². The number of nitrogens with zero attached hydrogens (tertiary/aromatic N) is 3. The fourth-order valence-electron chi connectivity index (χ4n) is 3.05. The second-order valence-electron chi connectivity index (χ2n) is 6.05. The number of ether oxygens (including phenoxy) is 1. The van der Waals surface area contributed by atoms with Crippen molar-refractivity contribution in [2.75, 3.05) is 18.2 Å². The van der Waals surface area contributed by atoms with Crippen molar-refractivity contribution in [3.8, 4) is 5.75 Å². The highest BCUT2D eigenvalue weighted by Crippen LogP contribution is 2.36. The quantitative estimate of drug-likeness (QED) is 0.755. The van der Waals surface area contributed by atoms with E-state index in [1.165, 1.54) is 11.9 Å². The maximum absolute atomic E-state index is 6.06. The van der Waals surface area contributed by atoms with Crippen LogP contribution in [0.5, 0.6) is 5.75 Å². The van der Waals surface area contributed by atoms with Crippen LogP contribution >= 0.6 is 0 Å².